The zero-order valence-corrected chi connectivity index (χ0v) is 17.5. The molecule has 5 nitrogen and oxygen atoms in total. The summed E-state index contributed by atoms with van der Waals surface area (Å²) in [5, 5.41) is 4.73. The number of aryl methyl sites for hydroxylation is 1. The van der Waals surface area contributed by atoms with Crippen LogP contribution in [0.15, 0.2) is 96.0 Å². The molecule has 3 aromatic carbocycles. The van der Waals surface area contributed by atoms with Crippen LogP contribution in [0.4, 0.5) is 0 Å². The van der Waals surface area contributed by atoms with E-state index in [-0.39, 0.29) is 11.4 Å². The van der Waals surface area contributed by atoms with E-state index in [4.69, 9.17) is 5.10 Å². The van der Waals surface area contributed by atoms with Crippen LogP contribution in [0.5, 0.6) is 0 Å². The molecule has 1 aromatic heterocycles. The molecule has 0 spiro atoms. The highest BCUT2D eigenvalue weighted by Gasteiger charge is 2.17. The Kier molecular flexibility index (Phi) is 5.79. The highest BCUT2D eigenvalue weighted by atomic mass is 32.2. The summed E-state index contributed by atoms with van der Waals surface area (Å²) in [6, 6.07) is 26.5. The fourth-order valence-corrected chi connectivity index (χ4v) is 4.26. The lowest BCUT2D eigenvalue weighted by atomic mass is 10.1. The van der Waals surface area contributed by atoms with Crippen LogP contribution in [-0.4, -0.2) is 18.2 Å². The number of sulfonamides is 1. The number of para-hydroxylation sites is 1. The fraction of sp³-hybridized carbons (Fsp3) is 0.125. The van der Waals surface area contributed by atoms with Crippen molar-refractivity contribution < 1.29 is 8.42 Å². The maximum absolute atomic E-state index is 12.8. The number of hydrogen-bond acceptors (Lipinski definition) is 3. The van der Waals surface area contributed by atoms with Crippen LogP contribution < -0.4 is 4.72 Å². The van der Waals surface area contributed by atoms with E-state index >= 15 is 0 Å². The monoisotopic (exact) mass is 417 g/mol. The summed E-state index contributed by atoms with van der Waals surface area (Å²) >= 11 is 0. The third-order valence-electron chi connectivity index (χ3n) is 4.95. The first-order chi connectivity index (χ1) is 14.6. The van der Waals surface area contributed by atoms with E-state index in [0.29, 0.717) is 0 Å². The van der Waals surface area contributed by atoms with Crippen LogP contribution >= 0.6 is 0 Å². The Hall–Kier alpha value is -3.22. The molecule has 6 heteroatoms. The second-order valence-corrected chi connectivity index (χ2v) is 8.74. The lowest BCUT2D eigenvalue weighted by Crippen LogP contribution is -2.23. The zero-order valence-electron chi connectivity index (χ0n) is 16.7. The van der Waals surface area contributed by atoms with Crippen LogP contribution in [0.1, 0.15) is 18.1 Å². The molecule has 30 heavy (non-hydrogen) atoms. The molecule has 0 saturated heterocycles. The van der Waals surface area contributed by atoms with Crippen molar-refractivity contribution in [2.24, 2.45) is 0 Å². The minimum atomic E-state index is -3.62. The minimum absolute atomic E-state index is 0.148. The van der Waals surface area contributed by atoms with Crippen LogP contribution in [0.2, 0.25) is 0 Å². The molecular formula is C24H23N3O2S. The Morgan fingerprint density at radius 3 is 2.13 bits per heavy atom. The summed E-state index contributed by atoms with van der Waals surface area (Å²) in [5.41, 5.74) is 4.51. The number of aromatic nitrogens is 2. The first-order valence-corrected chi connectivity index (χ1v) is 11.3. The van der Waals surface area contributed by atoms with Crippen molar-refractivity contribution in [2.45, 2.75) is 24.8 Å². The summed E-state index contributed by atoms with van der Waals surface area (Å²) < 4.78 is 30.1. The average Bonchev–Trinajstić information content (AvgIpc) is 3.23. The summed E-state index contributed by atoms with van der Waals surface area (Å²) in [6.07, 6.45) is 2.74. The number of hydrogen-bond donors (Lipinski definition) is 1. The van der Waals surface area contributed by atoms with Crippen molar-refractivity contribution in [1.29, 1.82) is 0 Å². The van der Waals surface area contributed by atoms with E-state index in [0.717, 1.165) is 34.5 Å². The third-order valence-corrected chi connectivity index (χ3v) is 6.37. The summed E-state index contributed by atoms with van der Waals surface area (Å²) in [4.78, 5) is 0.261. The Labute approximate surface area is 177 Å². The lowest BCUT2D eigenvalue weighted by Gasteiger charge is -2.08. The fourth-order valence-electron chi connectivity index (χ4n) is 3.25. The van der Waals surface area contributed by atoms with Crippen LogP contribution in [-0.2, 0) is 23.0 Å². The van der Waals surface area contributed by atoms with Crippen LogP contribution in [0.25, 0.3) is 16.9 Å². The van der Waals surface area contributed by atoms with Crippen molar-refractivity contribution in [3.8, 4) is 16.9 Å². The van der Waals surface area contributed by atoms with Gasteiger partial charge in [-0.25, -0.2) is 17.8 Å². The number of nitrogens with zero attached hydrogens (tertiary/aromatic N) is 2. The second-order valence-electron chi connectivity index (χ2n) is 6.97. The van der Waals surface area contributed by atoms with Gasteiger partial charge in [-0.15, -0.1) is 0 Å². The van der Waals surface area contributed by atoms with Gasteiger partial charge in [0, 0.05) is 23.9 Å². The highest BCUT2D eigenvalue weighted by Crippen LogP contribution is 2.24. The van der Waals surface area contributed by atoms with Crippen LogP contribution in [0, 0.1) is 0 Å². The Morgan fingerprint density at radius 1 is 0.867 bits per heavy atom. The normalized spacial score (nSPS) is 11.5. The first-order valence-electron chi connectivity index (χ1n) is 9.85. The predicted octanol–water partition coefficient (Wildman–Crippen LogP) is 4.58. The Bertz CT molecular complexity index is 1220. The van der Waals surface area contributed by atoms with Gasteiger partial charge in [0.05, 0.1) is 16.3 Å². The predicted molar refractivity (Wildman–Crippen MR) is 119 cm³/mol. The number of benzene rings is 3. The van der Waals surface area contributed by atoms with Crippen molar-refractivity contribution in [3.05, 3.63) is 102 Å². The van der Waals surface area contributed by atoms with Gasteiger partial charge in [-0.2, -0.15) is 5.10 Å². The van der Waals surface area contributed by atoms with Gasteiger partial charge >= 0.3 is 0 Å². The van der Waals surface area contributed by atoms with Gasteiger partial charge in [0.1, 0.15) is 0 Å². The van der Waals surface area contributed by atoms with Crippen molar-refractivity contribution >= 4 is 10.0 Å². The molecule has 0 aliphatic carbocycles. The van der Waals surface area contributed by atoms with E-state index in [1.54, 1.807) is 16.8 Å². The minimum Gasteiger partial charge on any atom is -0.240 e. The smallest absolute Gasteiger partial charge is 0.240 e. The third kappa shape index (κ3) is 4.35. The van der Waals surface area contributed by atoms with Crippen molar-refractivity contribution in [3.63, 3.8) is 0 Å². The zero-order chi connectivity index (χ0) is 21.0. The SMILES string of the molecule is CCc1ccc(S(=O)(=O)NCc2cn(-c3ccccc3)nc2-c2ccccc2)cc1. The topological polar surface area (TPSA) is 64.0 Å². The quantitative estimate of drug-likeness (QED) is 0.479. The lowest BCUT2D eigenvalue weighted by molar-refractivity contribution is 0.581. The molecule has 1 heterocycles. The van der Waals surface area contributed by atoms with E-state index in [1.165, 1.54) is 0 Å². The van der Waals surface area contributed by atoms with Gasteiger partial charge in [-0.05, 0) is 36.2 Å². The summed E-state index contributed by atoms with van der Waals surface area (Å²) in [5.74, 6) is 0. The molecule has 0 aliphatic rings. The van der Waals surface area contributed by atoms with Crippen LogP contribution in [0.3, 0.4) is 0 Å². The maximum Gasteiger partial charge on any atom is 0.240 e. The Balaban J connectivity index is 1.65. The van der Waals surface area contributed by atoms with Gasteiger partial charge in [-0.3, -0.25) is 0 Å². The first kappa shape index (κ1) is 20.1. The highest BCUT2D eigenvalue weighted by molar-refractivity contribution is 7.89. The average molecular weight is 418 g/mol. The largest absolute Gasteiger partial charge is 0.240 e. The van der Waals surface area contributed by atoms with Gasteiger partial charge in [0.15, 0.2) is 0 Å². The molecule has 4 aromatic rings. The molecular weight excluding hydrogens is 394 g/mol. The maximum atomic E-state index is 12.8. The second kappa shape index (κ2) is 8.65. The number of nitrogens with one attached hydrogen (secondary N) is 1. The molecule has 152 valence electrons. The number of rotatable bonds is 7. The molecule has 0 radical (unpaired) electrons. The summed E-state index contributed by atoms with van der Waals surface area (Å²) in [7, 11) is -3.62. The van der Waals surface area contributed by atoms with Gasteiger partial charge in [-0.1, -0.05) is 67.6 Å². The van der Waals surface area contributed by atoms with E-state index in [2.05, 4.69) is 4.72 Å². The molecule has 0 saturated carbocycles. The Morgan fingerprint density at radius 2 is 1.50 bits per heavy atom. The van der Waals surface area contributed by atoms with E-state index in [9.17, 15) is 8.42 Å². The summed E-state index contributed by atoms with van der Waals surface area (Å²) in [6.45, 7) is 2.19. The molecule has 0 aliphatic heterocycles. The molecule has 0 amide bonds. The molecule has 0 bridgehead atoms. The molecule has 4 rings (SSSR count). The van der Waals surface area contributed by atoms with Gasteiger partial charge in [0.2, 0.25) is 10.0 Å². The molecule has 1 N–H and O–H groups in total. The standard InChI is InChI=1S/C24H23N3O2S/c1-2-19-13-15-23(16-14-19)30(28,29)25-17-21-18-27(22-11-7-4-8-12-22)26-24(21)20-9-5-3-6-10-20/h3-16,18,25H,2,17H2,1H3. The molecule has 0 fully saturated rings. The van der Waals surface area contributed by atoms with Gasteiger partial charge < -0.3 is 0 Å². The molecule has 0 atom stereocenters. The van der Waals surface area contributed by atoms with E-state index < -0.39 is 10.0 Å². The van der Waals surface area contributed by atoms with E-state index in [1.807, 2.05) is 85.9 Å². The van der Waals surface area contributed by atoms with Crippen molar-refractivity contribution in [2.75, 3.05) is 0 Å². The molecule has 0 unspecified atom stereocenters. The van der Waals surface area contributed by atoms with Gasteiger partial charge in [0.25, 0.3) is 0 Å². The van der Waals surface area contributed by atoms with Crippen molar-refractivity contribution in [1.82, 2.24) is 14.5 Å².